The van der Waals surface area contributed by atoms with E-state index in [1.807, 2.05) is 35.2 Å². The van der Waals surface area contributed by atoms with Gasteiger partial charge in [-0.2, -0.15) is 0 Å². The third-order valence-electron chi connectivity index (χ3n) is 3.38. The summed E-state index contributed by atoms with van der Waals surface area (Å²) in [6.45, 7) is 0.401. The van der Waals surface area contributed by atoms with Crippen LogP contribution in [0, 0.1) is 0 Å². The van der Waals surface area contributed by atoms with Gasteiger partial charge in [0.15, 0.2) is 0 Å². The van der Waals surface area contributed by atoms with Crippen LogP contribution in [-0.2, 0) is 6.54 Å². The molecule has 1 saturated heterocycles. The average Bonchev–Trinajstić information content (AvgIpc) is 2.37. The van der Waals surface area contributed by atoms with Crippen molar-refractivity contribution in [3.63, 3.8) is 0 Å². The molecule has 0 bridgehead atoms. The number of halogens is 1. The van der Waals surface area contributed by atoms with Gasteiger partial charge in [0, 0.05) is 19.6 Å². The lowest BCUT2D eigenvalue weighted by Crippen LogP contribution is -2.64. The van der Waals surface area contributed by atoms with Crippen molar-refractivity contribution in [2.45, 2.75) is 24.4 Å². The van der Waals surface area contributed by atoms with Gasteiger partial charge in [-0.1, -0.05) is 30.3 Å². The van der Waals surface area contributed by atoms with Crippen LogP contribution in [0.15, 0.2) is 30.3 Å². The number of rotatable bonds is 3. The van der Waals surface area contributed by atoms with E-state index in [1.165, 1.54) is 0 Å². The third-order valence-corrected chi connectivity index (χ3v) is 3.38. The minimum atomic E-state index is -1.66. The lowest BCUT2D eigenvalue weighted by atomic mass is 9.88. The van der Waals surface area contributed by atoms with E-state index >= 15 is 0 Å². The Kier molecular flexibility index (Phi) is 5.73. The van der Waals surface area contributed by atoms with Crippen molar-refractivity contribution in [3.8, 4) is 0 Å². The summed E-state index contributed by atoms with van der Waals surface area (Å²) in [4.78, 5) is 1.82. The van der Waals surface area contributed by atoms with Crippen molar-refractivity contribution in [1.29, 1.82) is 0 Å². The molecule has 2 rings (SSSR count). The van der Waals surface area contributed by atoms with Crippen LogP contribution in [0.25, 0.3) is 0 Å². The van der Waals surface area contributed by atoms with Crippen molar-refractivity contribution in [1.82, 2.24) is 4.90 Å². The van der Waals surface area contributed by atoms with Crippen molar-refractivity contribution in [2.24, 2.45) is 0 Å². The van der Waals surface area contributed by atoms with E-state index in [-0.39, 0.29) is 25.5 Å². The van der Waals surface area contributed by atoms with Crippen LogP contribution in [0.2, 0.25) is 0 Å². The first-order valence-corrected chi connectivity index (χ1v) is 6.01. The van der Waals surface area contributed by atoms with Gasteiger partial charge in [-0.15, -0.1) is 12.4 Å². The minimum Gasteiger partial charge on any atom is -0.393 e. The maximum absolute atomic E-state index is 10.1. The Bertz CT molecular complexity index is 391. The van der Waals surface area contributed by atoms with Gasteiger partial charge in [-0.3, -0.25) is 4.90 Å². The first-order chi connectivity index (χ1) is 8.55. The van der Waals surface area contributed by atoms with Gasteiger partial charge in [0.1, 0.15) is 11.7 Å². The zero-order chi connectivity index (χ0) is 13.2. The molecule has 3 atom stereocenters. The number of piperidine rings is 1. The van der Waals surface area contributed by atoms with Gasteiger partial charge in [-0.25, -0.2) is 0 Å². The van der Waals surface area contributed by atoms with Crippen LogP contribution < -0.4 is 0 Å². The molecule has 1 aromatic carbocycles. The highest BCUT2D eigenvalue weighted by molar-refractivity contribution is 5.85. The summed E-state index contributed by atoms with van der Waals surface area (Å²) >= 11 is 0. The average molecular weight is 290 g/mol. The molecule has 0 spiro atoms. The lowest BCUT2D eigenvalue weighted by Gasteiger charge is -2.44. The summed E-state index contributed by atoms with van der Waals surface area (Å²) in [5.74, 6) is 0. The zero-order valence-electron chi connectivity index (χ0n) is 10.5. The van der Waals surface area contributed by atoms with Crippen molar-refractivity contribution in [3.05, 3.63) is 35.9 Å². The molecule has 1 aromatic rings. The van der Waals surface area contributed by atoms with E-state index in [0.29, 0.717) is 6.54 Å². The molecule has 19 heavy (non-hydrogen) atoms. The van der Waals surface area contributed by atoms with Crippen molar-refractivity contribution < 1.29 is 20.4 Å². The fourth-order valence-electron chi connectivity index (χ4n) is 2.37. The summed E-state index contributed by atoms with van der Waals surface area (Å²) in [7, 11) is 0. The summed E-state index contributed by atoms with van der Waals surface area (Å²) in [6.07, 6.45) is -2.37. The molecule has 6 heteroatoms. The van der Waals surface area contributed by atoms with Crippen LogP contribution >= 0.6 is 12.4 Å². The summed E-state index contributed by atoms with van der Waals surface area (Å²) < 4.78 is 0. The molecule has 0 unspecified atom stereocenters. The molecule has 0 saturated carbocycles. The number of nitrogens with zero attached hydrogens (tertiary/aromatic N) is 1. The first kappa shape index (κ1) is 16.4. The van der Waals surface area contributed by atoms with Gasteiger partial charge in [0.2, 0.25) is 0 Å². The molecular weight excluding hydrogens is 270 g/mol. The number of benzene rings is 1. The SMILES string of the molecule is Cl.OC[C@]1(O)CN(Cc2ccccc2)C[C@@H](O)[C@@H]1O. The molecule has 108 valence electrons. The summed E-state index contributed by atoms with van der Waals surface area (Å²) in [6, 6.07) is 9.67. The second kappa shape index (κ2) is 6.65. The zero-order valence-corrected chi connectivity index (χ0v) is 11.3. The Morgan fingerprint density at radius 3 is 2.42 bits per heavy atom. The van der Waals surface area contributed by atoms with Gasteiger partial charge < -0.3 is 20.4 Å². The molecule has 1 heterocycles. The van der Waals surface area contributed by atoms with Gasteiger partial charge in [0.05, 0.1) is 12.7 Å². The Morgan fingerprint density at radius 2 is 1.84 bits per heavy atom. The second-order valence-corrected chi connectivity index (χ2v) is 4.93. The molecule has 1 fully saturated rings. The van der Waals surface area contributed by atoms with Crippen LogP contribution in [0.4, 0.5) is 0 Å². The third kappa shape index (κ3) is 3.66. The number of hydrogen-bond donors (Lipinski definition) is 4. The van der Waals surface area contributed by atoms with Crippen LogP contribution in [0.3, 0.4) is 0 Å². The Morgan fingerprint density at radius 1 is 1.21 bits per heavy atom. The molecule has 0 aromatic heterocycles. The van der Waals surface area contributed by atoms with Crippen LogP contribution in [-0.4, -0.2) is 62.8 Å². The molecule has 0 amide bonds. The van der Waals surface area contributed by atoms with E-state index in [4.69, 9.17) is 0 Å². The van der Waals surface area contributed by atoms with Crippen molar-refractivity contribution in [2.75, 3.05) is 19.7 Å². The van der Waals surface area contributed by atoms with E-state index in [9.17, 15) is 20.4 Å². The normalized spacial score (nSPS) is 31.8. The predicted molar refractivity (Wildman–Crippen MR) is 73.0 cm³/mol. The number of aliphatic hydroxyl groups is 4. The van der Waals surface area contributed by atoms with E-state index in [1.54, 1.807) is 0 Å². The molecule has 0 aliphatic carbocycles. The number of aliphatic hydroxyl groups excluding tert-OH is 3. The quantitative estimate of drug-likeness (QED) is 0.595. The van der Waals surface area contributed by atoms with E-state index in [0.717, 1.165) is 5.56 Å². The highest BCUT2D eigenvalue weighted by atomic mass is 35.5. The standard InChI is InChI=1S/C13H19NO4.ClH/c15-9-13(18)8-14(7-11(16)12(13)17)6-10-4-2-1-3-5-10;/h1-5,11-12,15-18H,6-9H2;1H/t11-,12+,13-;/m1./s1. The second-order valence-electron chi connectivity index (χ2n) is 4.93. The molecule has 5 nitrogen and oxygen atoms in total. The summed E-state index contributed by atoms with van der Waals surface area (Å²) in [5.41, 5.74) is -0.603. The largest absolute Gasteiger partial charge is 0.393 e. The smallest absolute Gasteiger partial charge is 0.129 e. The maximum atomic E-state index is 10.1. The van der Waals surface area contributed by atoms with Gasteiger partial charge in [0.25, 0.3) is 0 Å². The summed E-state index contributed by atoms with van der Waals surface area (Å²) in [5, 5.41) is 38.7. The fourth-order valence-corrected chi connectivity index (χ4v) is 2.37. The minimum absolute atomic E-state index is 0. The molecule has 4 N–H and O–H groups in total. The van der Waals surface area contributed by atoms with Crippen molar-refractivity contribution >= 4 is 12.4 Å². The Balaban J connectivity index is 0.00000180. The van der Waals surface area contributed by atoms with Crippen LogP contribution in [0.5, 0.6) is 0 Å². The molecule has 1 aliphatic rings. The molecule has 0 radical (unpaired) electrons. The number of likely N-dealkylation sites (tertiary alicyclic amines) is 1. The topological polar surface area (TPSA) is 84.2 Å². The molecule has 1 aliphatic heterocycles. The lowest BCUT2D eigenvalue weighted by molar-refractivity contribution is -0.187. The fraction of sp³-hybridized carbons (Fsp3) is 0.538. The number of hydrogen-bond acceptors (Lipinski definition) is 5. The van der Waals surface area contributed by atoms with Crippen LogP contribution in [0.1, 0.15) is 5.56 Å². The van der Waals surface area contributed by atoms with E-state index in [2.05, 4.69) is 0 Å². The maximum Gasteiger partial charge on any atom is 0.129 e. The highest BCUT2D eigenvalue weighted by Gasteiger charge is 2.45. The number of β-amino-alcohol motifs (C(OH)–C–C–N with tert-alkyl or cyclic N) is 2. The highest BCUT2D eigenvalue weighted by Crippen LogP contribution is 2.23. The molecular formula is C13H20ClNO4. The first-order valence-electron chi connectivity index (χ1n) is 6.01. The Labute approximate surface area is 118 Å². The van der Waals surface area contributed by atoms with E-state index < -0.39 is 24.4 Å². The Hall–Kier alpha value is -0.690. The monoisotopic (exact) mass is 289 g/mol. The van der Waals surface area contributed by atoms with Gasteiger partial charge >= 0.3 is 0 Å². The van der Waals surface area contributed by atoms with Gasteiger partial charge in [-0.05, 0) is 5.56 Å². The predicted octanol–water partition coefficient (Wildman–Crippen LogP) is -0.631.